The standard InChI is InChI=1S/C16H19NO4/c1-3-15(19)17-9-8-13-4-6-14(7-5-13)11-21-16(20)10-12(2)18/h3-7H,1,8-11H2,2H3,(H,17,19). The Hall–Kier alpha value is -2.43. The van der Waals surface area contributed by atoms with Crippen LogP contribution in [0.2, 0.25) is 0 Å². The molecule has 1 amide bonds. The number of nitrogens with one attached hydrogen (secondary N) is 1. The van der Waals surface area contributed by atoms with Crippen molar-refractivity contribution in [2.75, 3.05) is 6.54 Å². The van der Waals surface area contributed by atoms with Crippen LogP contribution in [0.5, 0.6) is 0 Å². The van der Waals surface area contributed by atoms with Crippen LogP contribution in [0.15, 0.2) is 36.9 Å². The van der Waals surface area contributed by atoms with Crippen molar-refractivity contribution in [1.82, 2.24) is 5.32 Å². The van der Waals surface area contributed by atoms with Gasteiger partial charge in [-0.1, -0.05) is 30.8 Å². The highest BCUT2D eigenvalue weighted by molar-refractivity contribution is 5.94. The van der Waals surface area contributed by atoms with Gasteiger partial charge in [0.1, 0.15) is 18.8 Å². The van der Waals surface area contributed by atoms with Gasteiger partial charge in [0.25, 0.3) is 0 Å². The maximum atomic E-state index is 11.2. The zero-order valence-electron chi connectivity index (χ0n) is 12.1. The van der Waals surface area contributed by atoms with Crippen LogP contribution in [0.4, 0.5) is 0 Å². The molecule has 0 aromatic heterocycles. The lowest BCUT2D eigenvalue weighted by Gasteiger charge is -2.06. The average Bonchev–Trinajstić information content (AvgIpc) is 2.45. The van der Waals surface area contributed by atoms with Crippen molar-refractivity contribution in [2.24, 2.45) is 0 Å². The minimum absolute atomic E-state index is 0.152. The van der Waals surface area contributed by atoms with E-state index in [1.807, 2.05) is 24.3 Å². The number of benzene rings is 1. The van der Waals surface area contributed by atoms with Gasteiger partial charge in [0, 0.05) is 6.54 Å². The predicted molar refractivity (Wildman–Crippen MR) is 78.4 cm³/mol. The molecule has 0 saturated heterocycles. The highest BCUT2D eigenvalue weighted by Crippen LogP contribution is 2.07. The third kappa shape index (κ3) is 7.06. The lowest BCUT2D eigenvalue weighted by Crippen LogP contribution is -2.23. The quantitative estimate of drug-likeness (QED) is 0.448. The molecule has 0 atom stereocenters. The van der Waals surface area contributed by atoms with Gasteiger partial charge < -0.3 is 10.1 Å². The molecule has 21 heavy (non-hydrogen) atoms. The maximum absolute atomic E-state index is 11.2. The predicted octanol–water partition coefficient (Wildman–Crippen LogP) is 1.55. The molecule has 1 N–H and O–H groups in total. The Morgan fingerprint density at radius 1 is 1.19 bits per heavy atom. The first-order chi connectivity index (χ1) is 10.0. The molecule has 0 bridgehead atoms. The van der Waals surface area contributed by atoms with E-state index in [9.17, 15) is 14.4 Å². The van der Waals surface area contributed by atoms with Crippen LogP contribution in [0.3, 0.4) is 0 Å². The van der Waals surface area contributed by atoms with Gasteiger partial charge in [-0.25, -0.2) is 0 Å². The van der Waals surface area contributed by atoms with Crippen molar-refractivity contribution >= 4 is 17.7 Å². The summed E-state index contributed by atoms with van der Waals surface area (Å²) in [5.74, 6) is -0.917. The summed E-state index contributed by atoms with van der Waals surface area (Å²) in [7, 11) is 0. The number of carbonyl (C=O) groups excluding carboxylic acids is 3. The minimum atomic E-state index is -0.515. The molecule has 0 aliphatic carbocycles. The first kappa shape index (κ1) is 16.6. The number of ketones is 1. The second kappa shape index (κ2) is 8.68. The molecule has 0 radical (unpaired) electrons. The van der Waals surface area contributed by atoms with Gasteiger partial charge in [0.15, 0.2) is 0 Å². The molecule has 5 nitrogen and oxygen atoms in total. The molecular formula is C16H19NO4. The highest BCUT2D eigenvalue weighted by Gasteiger charge is 2.06. The number of carbonyl (C=O) groups is 3. The molecule has 112 valence electrons. The number of Topliss-reactive ketones (excluding diaryl/α,β-unsaturated/α-hetero) is 1. The summed E-state index contributed by atoms with van der Waals surface area (Å²) < 4.78 is 4.98. The molecule has 0 unspecified atom stereocenters. The van der Waals surface area contributed by atoms with Gasteiger partial charge in [-0.15, -0.1) is 0 Å². The van der Waals surface area contributed by atoms with E-state index in [2.05, 4.69) is 11.9 Å². The lowest BCUT2D eigenvalue weighted by molar-refractivity contribution is -0.146. The number of ether oxygens (including phenoxy) is 1. The molecule has 0 heterocycles. The molecule has 0 spiro atoms. The van der Waals surface area contributed by atoms with Gasteiger partial charge in [-0.3, -0.25) is 14.4 Å². The van der Waals surface area contributed by atoms with Gasteiger partial charge >= 0.3 is 5.97 Å². The maximum Gasteiger partial charge on any atom is 0.313 e. The molecule has 1 aromatic rings. The summed E-state index contributed by atoms with van der Waals surface area (Å²) in [6.07, 6.45) is 1.75. The van der Waals surface area contributed by atoms with Crippen molar-refractivity contribution in [3.05, 3.63) is 48.0 Å². The largest absolute Gasteiger partial charge is 0.460 e. The van der Waals surface area contributed by atoms with Crippen molar-refractivity contribution in [3.63, 3.8) is 0 Å². The molecule has 0 fully saturated rings. The molecule has 0 saturated carbocycles. The number of rotatable bonds is 8. The molecular weight excluding hydrogens is 270 g/mol. The Morgan fingerprint density at radius 2 is 1.81 bits per heavy atom. The van der Waals surface area contributed by atoms with Crippen LogP contribution in [0, 0.1) is 0 Å². The number of esters is 1. The Balaban J connectivity index is 2.36. The van der Waals surface area contributed by atoms with E-state index in [1.54, 1.807) is 0 Å². The summed E-state index contributed by atoms with van der Waals surface area (Å²) >= 11 is 0. The van der Waals surface area contributed by atoms with Crippen LogP contribution in [-0.2, 0) is 32.1 Å². The monoisotopic (exact) mass is 289 g/mol. The van der Waals surface area contributed by atoms with Gasteiger partial charge in [-0.2, -0.15) is 0 Å². The Kier molecular flexibility index (Phi) is 6.87. The topological polar surface area (TPSA) is 72.5 Å². The van der Waals surface area contributed by atoms with E-state index >= 15 is 0 Å². The summed E-state index contributed by atoms with van der Waals surface area (Å²) in [4.78, 5) is 33.0. The van der Waals surface area contributed by atoms with E-state index in [4.69, 9.17) is 4.74 Å². The highest BCUT2D eigenvalue weighted by atomic mass is 16.5. The molecule has 0 aliphatic heterocycles. The average molecular weight is 289 g/mol. The first-order valence-electron chi connectivity index (χ1n) is 6.64. The SMILES string of the molecule is C=CC(=O)NCCc1ccc(COC(=O)CC(C)=O)cc1. The van der Waals surface area contributed by atoms with E-state index < -0.39 is 5.97 Å². The molecule has 1 rings (SSSR count). The summed E-state index contributed by atoms with van der Waals surface area (Å²) in [5, 5.41) is 2.70. The van der Waals surface area contributed by atoms with Crippen molar-refractivity contribution in [1.29, 1.82) is 0 Å². The second-order valence-electron chi connectivity index (χ2n) is 4.60. The number of hydrogen-bond donors (Lipinski definition) is 1. The van der Waals surface area contributed by atoms with Crippen LogP contribution < -0.4 is 5.32 Å². The van der Waals surface area contributed by atoms with E-state index in [0.29, 0.717) is 13.0 Å². The van der Waals surface area contributed by atoms with Crippen LogP contribution in [0.1, 0.15) is 24.5 Å². The zero-order valence-corrected chi connectivity index (χ0v) is 12.1. The van der Waals surface area contributed by atoms with Crippen LogP contribution in [0.25, 0.3) is 0 Å². The van der Waals surface area contributed by atoms with E-state index in [1.165, 1.54) is 13.0 Å². The van der Waals surface area contributed by atoms with Gasteiger partial charge in [0.05, 0.1) is 0 Å². The van der Waals surface area contributed by atoms with Crippen molar-refractivity contribution in [3.8, 4) is 0 Å². The summed E-state index contributed by atoms with van der Waals surface area (Å²) in [5.41, 5.74) is 1.92. The van der Waals surface area contributed by atoms with Crippen molar-refractivity contribution in [2.45, 2.75) is 26.4 Å². The second-order valence-corrected chi connectivity index (χ2v) is 4.60. The Bertz CT molecular complexity index is 520. The van der Waals surface area contributed by atoms with Crippen molar-refractivity contribution < 1.29 is 19.1 Å². The third-order valence-electron chi connectivity index (χ3n) is 2.71. The number of hydrogen-bond acceptors (Lipinski definition) is 4. The smallest absolute Gasteiger partial charge is 0.313 e. The normalized spacial score (nSPS) is 9.76. The van der Waals surface area contributed by atoms with Gasteiger partial charge in [-0.05, 0) is 30.5 Å². The lowest BCUT2D eigenvalue weighted by atomic mass is 10.1. The van der Waals surface area contributed by atoms with Gasteiger partial charge in [0.2, 0.25) is 5.91 Å². The zero-order chi connectivity index (χ0) is 15.7. The Labute approximate surface area is 124 Å². The van der Waals surface area contributed by atoms with E-state index in [0.717, 1.165) is 11.1 Å². The first-order valence-corrected chi connectivity index (χ1v) is 6.64. The van der Waals surface area contributed by atoms with Crippen LogP contribution >= 0.6 is 0 Å². The third-order valence-corrected chi connectivity index (χ3v) is 2.71. The Morgan fingerprint density at radius 3 is 2.38 bits per heavy atom. The summed E-state index contributed by atoms with van der Waals surface area (Å²) in [6, 6.07) is 7.53. The fraction of sp³-hybridized carbons (Fsp3) is 0.312. The van der Waals surface area contributed by atoms with E-state index in [-0.39, 0.29) is 24.7 Å². The molecule has 1 aromatic carbocycles. The van der Waals surface area contributed by atoms with Crippen LogP contribution in [-0.4, -0.2) is 24.2 Å². The molecule has 0 aliphatic rings. The molecule has 5 heteroatoms. The minimum Gasteiger partial charge on any atom is -0.460 e. The fourth-order valence-electron chi connectivity index (χ4n) is 1.62. The number of amides is 1. The summed E-state index contributed by atoms with van der Waals surface area (Å²) in [6.45, 7) is 5.42. The fourth-order valence-corrected chi connectivity index (χ4v) is 1.62.